The third-order valence-electron chi connectivity index (χ3n) is 5.75. The summed E-state index contributed by atoms with van der Waals surface area (Å²) in [4.78, 5) is 11.3. The minimum absolute atomic E-state index is 0.0375. The first-order valence-corrected chi connectivity index (χ1v) is 11.0. The van der Waals surface area contributed by atoms with Crippen LogP contribution in [0.1, 0.15) is 36.7 Å². The van der Waals surface area contributed by atoms with Crippen LogP contribution < -0.4 is 9.47 Å². The van der Waals surface area contributed by atoms with Gasteiger partial charge in [0.25, 0.3) is 0 Å². The molecule has 0 saturated carbocycles. The van der Waals surface area contributed by atoms with E-state index in [0.717, 1.165) is 12.8 Å². The minimum Gasteiger partial charge on any atom is -0.494 e. The Balaban J connectivity index is 1.88. The van der Waals surface area contributed by atoms with Crippen LogP contribution in [0.15, 0.2) is 18.2 Å². The Hall–Kier alpha value is -2.93. The van der Waals surface area contributed by atoms with Crippen LogP contribution in [0.3, 0.4) is 0 Å². The summed E-state index contributed by atoms with van der Waals surface area (Å²) >= 11 is 0. The Morgan fingerprint density at radius 3 is 2.51 bits per heavy atom. The van der Waals surface area contributed by atoms with Crippen molar-refractivity contribution in [3.63, 3.8) is 0 Å². The maximum Gasteiger partial charge on any atom is 0.508 e. The van der Waals surface area contributed by atoms with Crippen molar-refractivity contribution in [1.29, 1.82) is 0 Å². The number of rotatable bonds is 8. The molecule has 1 aromatic carbocycles. The summed E-state index contributed by atoms with van der Waals surface area (Å²) in [7, 11) is 2.50. The standard InChI is InChI=1S/C23H31FN2O9/c1-11(2)26-12(3)14(8-13-6-7-16(31-4)15(24)9-13)21(25-26)35-22-20(29)19(28)18(27)17(34-22)10-33-23(30)32-5/h6-7,9,11,17-20,22,27-29H,8,10H2,1-5H3/t17-,18-,19+,20-,22+/m1/s1. The second-order valence-corrected chi connectivity index (χ2v) is 8.45. The molecular weight excluding hydrogens is 467 g/mol. The van der Waals surface area contributed by atoms with Crippen LogP contribution in [0.2, 0.25) is 0 Å². The van der Waals surface area contributed by atoms with E-state index < -0.39 is 49.3 Å². The molecule has 5 atom stereocenters. The Labute approximate surface area is 201 Å². The van der Waals surface area contributed by atoms with E-state index in [-0.39, 0.29) is 24.1 Å². The third kappa shape index (κ3) is 5.84. The first-order chi connectivity index (χ1) is 16.6. The van der Waals surface area contributed by atoms with Gasteiger partial charge in [0.2, 0.25) is 12.2 Å². The fraction of sp³-hybridized carbons (Fsp3) is 0.565. The fourth-order valence-corrected chi connectivity index (χ4v) is 3.82. The van der Waals surface area contributed by atoms with E-state index in [0.29, 0.717) is 11.1 Å². The lowest BCUT2D eigenvalue weighted by atomic mass is 9.99. The smallest absolute Gasteiger partial charge is 0.494 e. The van der Waals surface area contributed by atoms with Crippen LogP contribution >= 0.6 is 0 Å². The van der Waals surface area contributed by atoms with Crippen molar-refractivity contribution in [2.45, 2.75) is 63.9 Å². The summed E-state index contributed by atoms with van der Waals surface area (Å²) < 4.78 is 41.6. The molecule has 1 aliphatic rings. The average Bonchev–Trinajstić information content (AvgIpc) is 3.13. The van der Waals surface area contributed by atoms with Crippen molar-refractivity contribution < 1.29 is 48.2 Å². The van der Waals surface area contributed by atoms with Crippen molar-refractivity contribution in [2.75, 3.05) is 20.8 Å². The summed E-state index contributed by atoms with van der Waals surface area (Å²) in [5.74, 6) is -0.294. The van der Waals surface area contributed by atoms with Crippen LogP contribution in [-0.2, 0) is 20.6 Å². The zero-order valence-corrected chi connectivity index (χ0v) is 20.2. The van der Waals surface area contributed by atoms with Gasteiger partial charge in [-0.25, -0.2) is 9.18 Å². The number of hydrogen-bond acceptors (Lipinski definition) is 10. The lowest BCUT2D eigenvalue weighted by Crippen LogP contribution is -2.60. The Kier molecular flexibility index (Phi) is 8.54. The molecule has 2 heterocycles. The molecule has 1 fully saturated rings. The summed E-state index contributed by atoms with van der Waals surface area (Å²) in [6.45, 7) is 5.23. The monoisotopic (exact) mass is 498 g/mol. The van der Waals surface area contributed by atoms with Crippen LogP contribution in [-0.4, -0.2) is 82.8 Å². The number of hydrogen-bond donors (Lipinski definition) is 3. The van der Waals surface area contributed by atoms with Gasteiger partial charge in [-0.3, -0.25) is 4.68 Å². The number of aromatic nitrogens is 2. The summed E-state index contributed by atoms with van der Waals surface area (Å²) in [5, 5.41) is 35.5. The van der Waals surface area contributed by atoms with Crippen LogP contribution in [0.4, 0.5) is 9.18 Å². The number of aliphatic hydroxyl groups is 3. The largest absolute Gasteiger partial charge is 0.508 e. The first-order valence-electron chi connectivity index (χ1n) is 11.0. The molecule has 0 bridgehead atoms. The van der Waals surface area contributed by atoms with Gasteiger partial charge >= 0.3 is 6.16 Å². The summed E-state index contributed by atoms with van der Waals surface area (Å²) in [5.41, 5.74) is 1.99. The molecule has 3 rings (SSSR count). The van der Waals surface area contributed by atoms with Crippen molar-refractivity contribution in [3.05, 3.63) is 40.8 Å². The lowest BCUT2D eigenvalue weighted by Gasteiger charge is -2.39. The maximum absolute atomic E-state index is 14.3. The van der Waals surface area contributed by atoms with E-state index in [2.05, 4.69) is 9.84 Å². The molecule has 1 aromatic heterocycles. The predicted octanol–water partition coefficient (Wildman–Crippen LogP) is 1.48. The highest BCUT2D eigenvalue weighted by atomic mass is 19.1. The molecule has 0 unspecified atom stereocenters. The van der Waals surface area contributed by atoms with Crippen molar-refractivity contribution in [2.24, 2.45) is 0 Å². The van der Waals surface area contributed by atoms with E-state index in [1.165, 1.54) is 19.2 Å². The van der Waals surface area contributed by atoms with Gasteiger partial charge < -0.3 is 39.0 Å². The molecule has 0 radical (unpaired) electrons. The molecule has 0 aliphatic carbocycles. The van der Waals surface area contributed by atoms with Gasteiger partial charge in [0.15, 0.2) is 11.6 Å². The SMILES string of the molecule is COC(=O)OC[C@H]1O[C@@H](Oc2nn(C(C)C)c(C)c2Cc2ccc(OC)c(F)c2)[C@H](O)[C@@H](O)[C@@H]1O. The average molecular weight is 499 g/mol. The minimum atomic E-state index is -1.65. The quantitative estimate of drug-likeness (QED) is 0.458. The first kappa shape index (κ1) is 26.7. The second-order valence-electron chi connectivity index (χ2n) is 8.45. The molecule has 11 nitrogen and oxygen atoms in total. The highest BCUT2D eigenvalue weighted by Crippen LogP contribution is 2.31. The molecule has 35 heavy (non-hydrogen) atoms. The number of carbonyl (C=O) groups is 1. The fourth-order valence-electron chi connectivity index (χ4n) is 3.82. The zero-order chi connectivity index (χ0) is 25.9. The van der Waals surface area contributed by atoms with Crippen LogP contribution in [0.25, 0.3) is 0 Å². The van der Waals surface area contributed by atoms with Gasteiger partial charge in [-0.15, -0.1) is 5.10 Å². The van der Waals surface area contributed by atoms with Gasteiger partial charge in [0.05, 0.1) is 14.2 Å². The van der Waals surface area contributed by atoms with Crippen molar-refractivity contribution in [1.82, 2.24) is 9.78 Å². The van der Waals surface area contributed by atoms with Gasteiger partial charge in [0.1, 0.15) is 31.0 Å². The molecule has 0 amide bonds. The second kappa shape index (κ2) is 11.2. The van der Waals surface area contributed by atoms with Crippen molar-refractivity contribution in [3.8, 4) is 11.6 Å². The molecule has 1 saturated heterocycles. The van der Waals surface area contributed by atoms with Crippen molar-refractivity contribution >= 4 is 6.16 Å². The van der Waals surface area contributed by atoms with E-state index in [1.807, 2.05) is 20.8 Å². The number of carbonyl (C=O) groups excluding carboxylic acids is 1. The maximum atomic E-state index is 14.3. The number of nitrogens with zero attached hydrogens (tertiary/aromatic N) is 2. The predicted molar refractivity (Wildman–Crippen MR) is 119 cm³/mol. The summed E-state index contributed by atoms with van der Waals surface area (Å²) in [6.07, 6.45) is -8.23. The van der Waals surface area contributed by atoms with E-state index >= 15 is 0 Å². The molecule has 3 N–H and O–H groups in total. The van der Waals surface area contributed by atoms with Gasteiger partial charge in [0, 0.05) is 23.7 Å². The van der Waals surface area contributed by atoms with E-state index in [9.17, 15) is 24.5 Å². The molecule has 1 aliphatic heterocycles. The number of halogens is 1. The number of ether oxygens (including phenoxy) is 5. The molecule has 2 aromatic rings. The van der Waals surface area contributed by atoms with Gasteiger partial charge in [-0.1, -0.05) is 6.07 Å². The van der Waals surface area contributed by atoms with Crippen LogP contribution in [0, 0.1) is 12.7 Å². The van der Waals surface area contributed by atoms with Crippen LogP contribution in [0.5, 0.6) is 11.6 Å². The zero-order valence-electron chi connectivity index (χ0n) is 20.2. The molecule has 0 spiro atoms. The number of methoxy groups -OCH3 is 2. The number of aliphatic hydroxyl groups excluding tert-OH is 3. The molecular formula is C23H31FN2O9. The van der Waals surface area contributed by atoms with Gasteiger partial charge in [-0.05, 0) is 38.5 Å². The Morgan fingerprint density at radius 1 is 1.20 bits per heavy atom. The molecule has 12 heteroatoms. The highest BCUT2D eigenvalue weighted by molar-refractivity contribution is 5.59. The molecule has 194 valence electrons. The number of benzene rings is 1. The van der Waals surface area contributed by atoms with E-state index in [4.69, 9.17) is 18.9 Å². The topological polar surface area (TPSA) is 142 Å². The highest BCUT2D eigenvalue weighted by Gasteiger charge is 2.46. The van der Waals surface area contributed by atoms with E-state index in [1.54, 1.807) is 10.7 Å². The normalized spacial score (nSPS) is 24.3. The summed E-state index contributed by atoms with van der Waals surface area (Å²) in [6, 6.07) is 4.54. The Morgan fingerprint density at radius 2 is 1.91 bits per heavy atom. The lowest BCUT2D eigenvalue weighted by molar-refractivity contribution is -0.278. The van der Waals surface area contributed by atoms with Gasteiger partial charge in [-0.2, -0.15) is 0 Å². The Bertz CT molecular complexity index is 1030. The third-order valence-corrected chi connectivity index (χ3v) is 5.75.